The van der Waals surface area contributed by atoms with Gasteiger partial charge in [-0.25, -0.2) is 4.79 Å². The molecule has 0 aromatic carbocycles. The maximum atomic E-state index is 12.1. The Morgan fingerprint density at radius 1 is 1.24 bits per heavy atom. The molecule has 2 fully saturated rings. The first-order chi connectivity index (χ1) is 7.70. The summed E-state index contributed by atoms with van der Waals surface area (Å²) in [6, 6.07) is -0.588. The molecule has 0 aromatic rings. The molecule has 0 aliphatic carbocycles. The van der Waals surface area contributed by atoms with Crippen LogP contribution in [0.25, 0.3) is 0 Å². The molecule has 2 aliphatic rings. The lowest BCUT2D eigenvalue weighted by molar-refractivity contribution is -0.150. The number of amides is 1. The zero-order chi connectivity index (χ0) is 11.5. The van der Waals surface area contributed by atoms with Crippen LogP contribution in [0.3, 0.4) is 0 Å². The normalized spacial score (nSPS) is 28.6. The van der Waals surface area contributed by atoms with E-state index in [0.29, 0.717) is 19.5 Å². The van der Waals surface area contributed by atoms with Crippen LogP contribution in [0.15, 0.2) is 0 Å². The Morgan fingerprint density at radius 2 is 2.00 bits per heavy atom. The van der Waals surface area contributed by atoms with Gasteiger partial charge in [0.15, 0.2) is 0 Å². The number of carbonyl (C=O) groups is 2. The van der Waals surface area contributed by atoms with Crippen molar-refractivity contribution in [3.63, 3.8) is 0 Å². The fourth-order valence-electron chi connectivity index (χ4n) is 2.58. The molecular weight excluding hydrogens is 244 g/mol. The summed E-state index contributed by atoms with van der Waals surface area (Å²) in [6.07, 6.45) is 3.29. The Hall–Kier alpha value is -0.810. The molecule has 0 aromatic heterocycles. The average Bonchev–Trinajstić information content (AvgIpc) is 2.78. The van der Waals surface area contributed by atoms with Crippen LogP contribution in [0.1, 0.15) is 25.7 Å². The molecule has 98 valence electrons. The topological polar surface area (TPSA) is 69.6 Å². The van der Waals surface area contributed by atoms with Crippen molar-refractivity contribution in [1.82, 2.24) is 10.2 Å². The third kappa shape index (κ3) is 3.10. The van der Waals surface area contributed by atoms with Crippen molar-refractivity contribution in [3.05, 3.63) is 0 Å². The van der Waals surface area contributed by atoms with E-state index in [2.05, 4.69) is 5.32 Å². The highest BCUT2D eigenvalue weighted by Gasteiger charge is 2.37. The van der Waals surface area contributed by atoms with Crippen LogP contribution in [0, 0.1) is 5.92 Å². The first-order valence-corrected chi connectivity index (χ1v) is 5.94. The average molecular weight is 263 g/mol. The molecule has 0 bridgehead atoms. The second-order valence-corrected chi connectivity index (χ2v) is 4.57. The molecule has 5 nitrogen and oxygen atoms in total. The van der Waals surface area contributed by atoms with E-state index >= 15 is 0 Å². The second-order valence-electron chi connectivity index (χ2n) is 4.57. The maximum absolute atomic E-state index is 12.1. The standard InChI is InChI=1S/C11H18N2O3.ClH/c14-10(8-3-1-5-12-7-8)13-6-2-4-9(13)11(15)16;/h8-9,12H,1-7H2,(H,15,16);1H/t8-,9+;/m0./s1. The quantitative estimate of drug-likeness (QED) is 0.760. The van der Waals surface area contributed by atoms with Crippen LogP contribution >= 0.6 is 12.4 Å². The van der Waals surface area contributed by atoms with E-state index in [1.165, 1.54) is 0 Å². The van der Waals surface area contributed by atoms with E-state index in [1.807, 2.05) is 0 Å². The molecule has 2 atom stereocenters. The smallest absolute Gasteiger partial charge is 0.326 e. The summed E-state index contributed by atoms with van der Waals surface area (Å²) >= 11 is 0. The van der Waals surface area contributed by atoms with Crippen molar-refractivity contribution < 1.29 is 14.7 Å². The van der Waals surface area contributed by atoms with E-state index in [9.17, 15) is 9.59 Å². The van der Waals surface area contributed by atoms with Gasteiger partial charge in [-0.15, -0.1) is 12.4 Å². The Balaban J connectivity index is 0.00000144. The van der Waals surface area contributed by atoms with Crippen molar-refractivity contribution in [2.45, 2.75) is 31.7 Å². The number of hydrogen-bond donors (Lipinski definition) is 2. The van der Waals surface area contributed by atoms with Crippen molar-refractivity contribution in [3.8, 4) is 0 Å². The molecular formula is C11H19ClN2O3. The first kappa shape index (κ1) is 14.3. The highest BCUT2D eigenvalue weighted by molar-refractivity contribution is 5.86. The predicted molar refractivity (Wildman–Crippen MR) is 65.2 cm³/mol. The Bertz CT molecular complexity index is 292. The largest absolute Gasteiger partial charge is 0.480 e. The minimum Gasteiger partial charge on any atom is -0.480 e. The van der Waals surface area contributed by atoms with E-state index in [0.717, 1.165) is 25.8 Å². The molecule has 1 amide bonds. The molecule has 2 saturated heterocycles. The zero-order valence-electron chi connectivity index (χ0n) is 9.72. The molecule has 0 spiro atoms. The van der Waals surface area contributed by atoms with Gasteiger partial charge in [0.25, 0.3) is 0 Å². The molecule has 2 aliphatic heterocycles. The summed E-state index contributed by atoms with van der Waals surface area (Å²) in [4.78, 5) is 24.7. The van der Waals surface area contributed by atoms with Gasteiger partial charge in [-0.1, -0.05) is 0 Å². The third-order valence-corrected chi connectivity index (χ3v) is 3.47. The van der Waals surface area contributed by atoms with Crippen molar-refractivity contribution in [1.29, 1.82) is 0 Å². The Morgan fingerprint density at radius 3 is 2.59 bits per heavy atom. The minimum absolute atomic E-state index is 0. The number of rotatable bonds is 2. The molecule has 6 heteroatoms. The van der Waals surface area contributed by atoms with E-state index < -0.39 is 12.0 Å². The van der Waals surface area contributed by atoms with Crippen LogP contribution in [-0.2, 0) is 9.59 Å². The lowest BCUT2D eigenvalue weighted by atomic mass is 9.98. The van der Waals surface area contributed by atoms with Crippen LogP contribution in [0.5, 0.6) is 0 Å². The molecule has 17 heavy (non-hydrogen) atoms. The Kier molecular flexibility index (Phi) is 5.21. The summed E-state index contributed by atoms with van der Waals surface area (Å²) in [5.74, 6) is -0.861. The van der Waals surface area contributed by atoms with Crippen molar-refractivity contribution in [2.75, 3.05) is 19.6 Å². The van der Waals surface area contributed by atoms with Crippen LogP contribution in [0.2, 0.25) is 0 Å². The van der Waals surface area contributed by atoms with E-state index in [4.69, 9.17) is 5.11 Å². The van der Waals surface area contributed by atoms with Crippen LogP contribution in [-0.4, -0.2) is 47.6 Å². The highest BCUT2D eigenvalue weighted by atomic mass is 35.5. The molecule has 2 rings (SSSR count). The highest BCUT2D eigenvalue weighted by Crippen LogP contribution is 2.22. The molecule has 0 unspecified atom stereocenters. The number of carbonyl (C=O) groups excluding carboxylic acids is 1. The second kappa shape index (κ2) is 6.21. The number of carboxylic acid groups (broad SMARTS) is 1. The van der Waals surface area contributed by atoms with Crippen LogP contribution < -0.4 is 5.32 Å². The summed E-state index contributed by atoms with van der Waals surface area (Å²) < 4.78 is 0. The van der Waals surface area contributed by atoms with Crippen molar-refractivity contribution >= 4 is 24.3 Å². The SMILES string of the molecule is Cl.O=C(O)[C@H]1CCCN1C(=O)[C@H]1CCCNC1. The number of aliphatic carboxylic acids is 1. The van der Waals surface area contributed by atoms with Gasteiger partial charge in [-0.3, -0.25) is 4.79 Å². The predicted octanol–water partition coefficient (Wildman–Crippen LogP) is 0.483. The van der Waals surface area contributed by atoms with Gasteiger partial charge in [0.1, 0.15) is 6.04 Å². The summed E-state index contributed by atoms with van der Waals surface area (Å²) in [7, 11) is 0. The van der Waals surface area contributed by atoms with E-state index in [-0.39, 0.29) is 24.2 Å². The maximum Gasteiger partial charge on any atom is 0.326 e. The van der Waals surface area contributed by atoms with Crippen LogP contribution in [0.4, 0.5) is 0 Å². The fourth-order valence-corrected chi connectivity index (χ4v) is 2.58. The van der Waals surface area contributed by atoms with Gasteiger partial charge in [0.05, 0.1) is 5.92 Å². The number of carboxylic acids is 1. The lowest BCUT2D eigenvalue weighted by Crippen LogP contribution is -2.47. The van der Waals surface area contributed by atoms with Gasteiger partial charge in [-0.05, 0) is 32.2 Å². The monoisotopic (exact) mass is 262 g/mol. The number of piperidine rings is 1. The molecule has 0 radical (unpaired) electrons. The van der Waals surface area contributed by atoms with Gasteiger partial charge in [0, 0.05) is 13.1 Å². The first-order valence-electron chi connectivity index (χ1n) is 5.94. The summed E-state index contributed by atoms with van der Waals surface area (Å²) in [5.41, 5.74) is 0. The number of likely N-dealkylation sites (tertiary alicyclic amines) is 1. The number of hydrogen-bond acceptors (Lipinski definition) is 3. The fraction of sp³-hybridized carbons (Fsp3) is 0.818. The molecule has 2 N–H and O–H groups in total. The number of nitrogens with zero attached hydrogens (tertiary/aromatic N) is 1. The van der Waals surface area contributed by atoms with Gasteiger partial charge in [0.2, 0.25) is 5.91 Å². The van der Waals surface area contributed by atoms with E-state index in [1.54, 1.807) is 4.90 Å². The van der Waals surface area contributed by atoms with Gasteiger partial charge >= 0.3 is 5.97 Å². The zero-order valence-corrected chi connectivity index (χ0v) is 10.5. The minimum atomic E-state index is -0.866. The molecule has 2 heterocycles. The summed E-state index contributed by atoms with van der Waals surface area (Å²) in [6.45, 7) is 2.26. The molecule has 0 saturated carbocycles. The third-order valence-electron chi connectivity index (χ3n) is 3.47. The number of halogens is 1. The van der Waals surface area contributed by atoms with Gasteiger partial charge < -0.3 is 15.3 Å². The number of nitrogens with one attached hydrogen (secondary N) is 1. The Labute approximate surface area is 107 Å². The summed E-state index contributed by atoms with van der Waals surface area (Å²) in [5, 5.41) is 12.2. The lowest BCUT2D eigenvalue weighted by Gasteiger charge is -2.29. The van der Waals surface area contributed by atoms with Gasteiger partial charge in [-0.2, -0.15) is 0 Å². The van der Waals surface area contributed by atoms with Crippen molar-refractivity contribution in [2.24, 2.45) is 5.92 Å².